The van der Waals surface area contributed by atoms with Gasteiger partial charge >= 0.3 is 0 Å². The van der Waals surface area contributed by atoms with E-state index >= 15 is 0 Å². The second kappa shape index (κ2) is 1.97. The molecule has 0 aromatic carbocycles. The molecule has 0 radical (unpaired) electrons. The van der Waals surface area contributed by atoms with Gasteiger partial charge < -0.3 is 11.5 Å². The molecule has 0 heterocycles. The van der Waals surface area contributed by atoms with Gasteiger partial charge in [0.15, 0.2) is 0 Å². The van der Waals surface area contributed by atoms with Gasteiger partial charge in [-0.05, 0) is 18.1 Å². The molecule has 1 aliphatic carbocycles. The lowest BCUT2D eigenvalue weighted by Crippen LogP contribution is -2.11. The zero-order chi connectivity index (χ0) is 6.85. The highest BCUT2D eigenvalue weighted by Gasteiger charge is 2.03. The Morgan fingerprint density at radius 2 is 2.11 bits per heavy atom. The average molecular weight is 122 g/mol. The first-order valence-electron chi connectivity index (χ1n) is 2.81. The van der Waals surface area contributed by atoms with Crippen molar-refractivity contribution < 1.29 is 0 Å². The summed E-state index contributed by atoms with van der Waals surface area (Å²) in [6, 6.07) is 0. The molecule has 0 bridgehead atoms. The molecule has 1 aliphatic rings. The SMILES string of the molecule is C=C1CC=CC(N)=C1N. The van der Waals surface area contributed by atoms with Gasteiger partial charge in [-0.3, -0.25) is 0 Å². The maximum absolute atomic E-state index is 5.53. The highest BCUT2D eigenvalue weighted by molar-refractivity contribution is 5.39. The molecule has 4 N–H and O–H groups in total. The van der Waals surface area contributed by atoms with Crippen molar-refractivity contribution in [3.63, 3.8) is 0 Å². The maximum Gasteiger partial charge on any atom is 0.0577 e. The summed E-state index contributed by atoms with van der Waals surface area (Å²) >= 11 is 0. The van der Waals surface area contributed by atoms with Crippen LogP contribution in [0, 0.1) is 0 Å². The molecule has 1 rings (SSSR count). The summed E-state index contributed by atoms with van der Waals surface area (Å²) in [6.07, 6.45) is 4.59. The highest BCUT2D eigenvalue weighted by atomic mass is 14.7. The number of nitrogens with two attached hydrogens (primary N) is 2. The van der Waals surface area contributed by atoms with Crippen molar-refractivity contribution in [1.82, 2.24) is 0 Å². The quantitative estimate of drug-likeness (QED) is 0.495. The largest absolute Gasteiger partial charge is 0.397 e. The van der Waals surface area contributed by atoms with E-state index in [2.05, 4.69) is 6.58 Å². The van der Waals surface area contributed by atoms with E-state index in [4.69, 9.17) is 11.5 Å². The molecule has 2 nitrogen and oxygen atoms in total. The summed E-state index contributed by atoms with van der Waals surface area (Å²) in [4.78, 5) is 0. The van der Waals surface area contributed by atoms with E-state index in [0.717, 1.165) is 12.0 Å². The topological polar surface area (TPSA) is 52.0 Å². The molecule has 0 aromatic heterocycles. The van der Waals surface area contributed by atoms with E-state index in [1.807, 2.05) is 12.2 Å². The van der Waals surface area contributed by atoms with Gasteiger partial charge in [-0.2, -0.15) is 0 Å². The molecule has 9 heavy (non-hydrogen) atoms. The Balaban J connectivity index is 2.97. The van der Waals surface area contributed by atoms with Gasteiger partial charge in [-0.15, -0.1) is 0 Å². The fourth-order valence-electron chi connectivity index (χ4n) is 0.732. The van der Waals surface area contributed by atoms with E-state index in [9.17, 15) is 0 Å². The molecule has 48 valence electrons. The fraction of sp³-hybridized carbons (Fsp3) is 0.143. The summed E-state index contributed by atoms with van der Waals surface area (Å²) in [7, 11) is 0. The van der Waals surface area contributed by atoms with Crippen LogP contribution >= 0.6 is 0 Å². The first-order valence-corrected chi connectivity index (χ1v) is 2.81. The van der Waals surface area contributed by atoms with Crippen LogP contribution in [-0.4, -0.2) is 0 Å². The third kappa shape index (κ3) is 0.964. The van der Waals surface area contributed by atoms with E-state index in [0.29, 0.717) is 11.4 Å². The minimum absolute atomic E-state index is 0.631. The molecule has 0 fully saturated rings. The van der Waals surface area contributed by atoms with Crippen LogP contribution in [0.3, 0.4) is 0 Å². The Labute approximate surface area is 54.5 Å². The minimum Gasteiger partial charge on any atom is -0.397 e. The number of hydrogen-bond donors (Lipinski definition) is 2. The van der Waals surface area contributed by atoms with Gasteiger partial charge in [0.2, 0.25) is 0 Å². The molecule has 0 saturated heterocycles. The van der Waals surface area contributed by atoms with Crippen LogP contribution in [0.5, 0.6) is 0 Å². The van der Waals surface area contributed by atoms with Crippen LogP contribution in [0.15, 0.2) is 35.7 Å². The van der Waals surface area contributed by atoms with E-state index in [1.54, 1.807) is 0 Å². The monoisotopic (exact) mass is 122 g/mol. The summed E-state index contributed by atoms with van der Waals surface area (Å²) in [5.41, 5.74) is 13.2. The Hall–Kier alpha value is -1.18. The van der Waals surface area contributed by atoms with Crippen molar-refractivity contribution in [3.05, 3.63) is 35.7 Å². The van der Waals surface area contributed by atoms with Crippen molar-refractivity contribution >= 4 is 0 Å². The second-order valence-corrected chi connectivity index (χ2v) is 2.08. The summed E-state index contributed by atoms with van der Waals surface area (Å²) < 4.78 is 0. The van der Waals surface area contributed by atoms with Crippen LogP contribution in [0.2, 0.25) is 0 Å². The third-order valence-corrected chi connectivity index (χ3v) is 1.35. The highest BCUT2D eigenvalue weighted by Crippen LogP contribution is 2.14. The van der Waals surface area contributed by atoms with E-state index in [1.165, 1.54) is 0 Å². The molecule has 0 saturated carbocycles. The van der Waals surface area contributed by atoms with Gasteiger partial charge in [0.25, 0.3) is 0 Å². The molecule has 0 spiro atoms. The van der Waals surface area contributed by atoms with E-state index in [-0.39, 0.29) is 0 Å². The maximum atomic E-state index is 5.53. The Morgan fingerprint density at radius 1 is 1.44 bits per heavy atom. The van der Waals surface area contributed by atoms with Gasteiger partial charge in [-0.1, -0.05) is 12.7 Å². The molecule has 0 unspecified atom stereocenters. The predicted molar refractivity (Wildman–Crippen MR) is 38.3 cm³/mol. The fourth-order valence-corrected chi connectivity index (χ4v) is 0.732. The Morgan fingerprint density at radius 3 is 2.56 bits per heavy atom. The smallest absolute Gasteiger partial charge is 0.0577 e. The second-order valence-electron chi connectivity index (χ2n) is 2.08. The van der Waals surface area contributed by atoms with Crippen LogP contribution in [0.4, 0.5) is 0 Å². The zero-order valence-electron chi connectivity index (χ0n) is 5.22. The zero-order valence-corrected chi connectivity index (χ0v) is 5.22. The summed E-state index contributed by atoms with van der Waals surface area (Å²) in [6.45, 7) is 3.73. The molecule has 2 heteroatoms. The normalized spacial score (nSPS) is 18.9. The molecule has 0 atom stereocenters. The Bertz CT molecular complexity index is 199. The Kier molecular flexibility index (Phi) is 1.30. The van der Waals surface area contributed by atoms with Crippen molar-refractivity contribution in [2.45, 2.75) is 6.42 Å². The lowest BCUT2D eigenvalue weighted by Gasteiger charge is -2.09. The van der Waals surface area contributed by atoms with Crippen molar-refractivity contribution in [3.8, 4) is 0 Å². The molecule has 0 amide bonds. The molecular formula is C7H10N2. The minimum atomic E-state index is 0.631. The van der Waals surface area contributed by atoms with Crippen molar-refractivity contribution in [1.29, 1.82) is 0 Å². The summed E-state index contributed by atoms with van der Waals surface area (Å²) in [5, 5.41) is 0. The average Bonchev–Trinajstić information content (AvgIpc) is 1.83. The number of rotatable bonds is 0. The lowest BCUT2D eigenvalue weighted by atomic mass is 10.0. The summed E-state index contributed by atoms with van der Waals surface area (Å²) in [5.74, 6) is 0. The molecule has 0 aliphatic heterocycles. The molecule has 0 aromatic rings. The van der Waals surface area contributed by atoms with Gasteiger partial charge in [0.05, 0.1) is 11.4 Å². The van der Waals surface area contributed by atoms with E-state index < -0.39 is 0 Å². The van der Waals surface area contributed by atoms with Gasteiger partial charge in [0.1, 0.15) is 0 Å². The predicted octanol–water partition coefficient (Wildman–Crippen LogP) is 0.632. The molecular weight excluding hydrogens is 112 g/mol. The van der Waals surface area contributed by atoms with Gasteiger partial charge in [-0.25, -0.2) is 0 Å². The van der Waals surface area contributed by atoms with Crippen molar-refractivity contribution in [2.24, 2.45) is 11.5 Å². The third-order valence-electron chi connectivity index (χ3n) is 1.35. The first-order chi connectivity index (χ1) is 4.22. The van der Waals surface area contributed by atoms with Crippen molar-refractivity contribution in [2.75, 3.05) is 0 Å². The first kappa shape index (κ1) is 5.95. The van der Waals surface area contributed by atoms with Crippen LogP contribution in [0.1, 0.15) is 6.42 Å². The number of allylic oxidation sites excluding steroid dienone is 3. The number of hydrogen-bond acceptors (Lipinski definition) is 2. The van der Waals surface area contributed by atoms with Crippen LogP contribution in [-0.2, 0) is 0 Å². The van der Waals surface area contributed by atoms with Crippen LogP contribution < -0.4 is 11.5 Å². The lowest BCUT2D eigenvalue weighted by molar-refractivity contribution is 1.11. The standard InChI is InChI=1S/C7H10N2/c1-5-3-2-4-6(8)7(5)9/h2,4H,1,3,8-9H2. The van der Waals surface area contributed by atoms with Crippen LogP contribution in [0.25, 0.3) is 0 Å². The van der Waals surface area contributed by atoms with Gasteiger partial charge in [0, 0.05) is 0 Å².